The summed E-state index contributed by atoms with van der Waals surface area (Å²) >= 11 is 1.28. The van der Waals surface area contributed by atoms with Crippen molar-refractivity contribution in [1.82, 2.24) is 4.90 Å². The second kappa shape index (κ2) is 7.77. The molecule has 0 N–H and O–H groups in total. The minimum absolute atomic E-state index is 0.0988. The molecule has 2 heterocycles. The molecule has 1 aromatic heterocycles. The molecule has 0 radical (unpaired) electrons. The van der Waals surface area contributed by atoms with Crippen molar-refractivity contribution in [1.29, 1.82) is 0 Å². The molecule has 1 atom stereocenters. The van der Waals surface area contributed by atoms with E-state index in [-0.39, 0.29) is 18.7 Å². The van der Waals surface area contributed by atoms with E-state index < -0.39 is 24.2 Å². The first-order valence-corrected chi connectivity index (χ1v) is 9.25. The second-order valence-electron chi connectivity index (χ2n) is 6.28. The smallest absolute Gasteiger partial charge is 0.347 e. The zero-order valence-electron chi connectivity index (χ0n) is 14.6. The molecule has 11 heteroatoms. The van der Waals surface area contributed by atoms with E-state index in [4.69, 9.17) is 0 Å². The summed E-state index contributed by atoms with van der Waals surface area (Å²) in [7, 11) is 0. The van der Waals surface area contributed by atoms with Gasteiger partial charge in [-0.2, -0.15) is 52.3 Å². The van der Waals surface area contributed by atoms with Crippen molar-refractivity contribution in [3.63, 3.8) is 0 Å². The van der Waals surface area contributed by atoms with Gasteiger partial charge in [0.15, 0.2) is 0 Å². The lowest BCUT2D eigenvalue weighted by molar-refractivity contribution is -0.364. The van der Waals surface area contributed by atoms with Crippen LogP contribution in [0.4, 0.5) is 30.7 Å². The van der Waals surface area contributed by atoms with Crippen LogP contribution in [0.25, 0.3) is 5.70 Å². The molecule has 0 bridgehead atoms. The van der Waals surface area contributed by atoms with Crippen LogP contribution >= 0.6 is 11.3 Å². The lowest BCUT2D eigenvalue weighted by Gasteiger charge is -2.38. The van der Waals surface area contributed by atoms with Crippen LogP contribution in [0.2, 0.25) is 0 Å². The molecule has 1 aromatic carbocycles. The minimum atomic E-state index is -6.44. The van der Waals surface area contributed by atoms with Crippen molar-refractivity contribution < 1.29 is 30.7 Å². The van der Waals surface area contributed by atoms with E-state index in [1.165, 1.54) is 11.3 Å². The first-order valence-electron chi connectivity index (χ1n) is 8.31. The Morgan fingerprint density at radius 2 is 1.66 bits per heavy atom. The molecule has 0 amide bonds. The van der Waals surface area contributed by atoms with Gasteiger partial charge in [-0.25, -0.2) is 0 Å². The Balaban J connectivity index is 1.93. The number of thiophene rings is 1. The first-order chi connectivity index (χ1) is 13.5. The molecule has 1 aliphatic rings. The quantitative estimate of drug-likeness (QED) is 0.494. The van der Waals surface area contributed by atoms with E-state index in [1.54, 1.807) is 47.2 Å². The van der Waals surface area contributed by atoms with Crippen LogP contribution in [-0.2, 0) is 6.42 Å². The molecule has 1 aliphatic heterocycles. The van der Waals surface area contributed by atoms with E-state index in [0.29, 0.717) is 16.0 Å². The molecule has 0 saturated heterocycles. The number of nitrogens with zero attached hydrogens (tertiary/aromatic N) is 3. The molecule has 0 aliphatic carbocycles. The number of rotatable bonds is 6. The molecule has 0 fully saturated rings. The second-order valence-corrected chi connectivity index (χ2v) is 7.06. The van der Waals surface area contributed by atoms with Crippen molar-refractivity contribution in [3.05, 3.63) is 64.5 Å². The summed E-state index contributed by atoms with van der Waals surface area (Å²) in [6, 6.07) is 10.1. The molecule has 0 spiro atoms. The number of benzene rings is 1. The Morgan fingerprint density at radius 1 is 0.966 bits per heavy atom. The molecular weight excluding hydrogens is 423 g/mol. The number of alkyl halides is 7. The van der Waals surface area contributed by atoms with E-state index in [2.05, 4.69) is 10.2 Å². The Hall–Kier alpha value is -2.43. The van der Waals surface area contributed by atoms with Crippen molar-refractivity contribution in [2.24, 2.45) is 10.2 Å². The van der Waals surface area contributed by atoms with Crippen LogP contribution < -0.4 is 0 Å². The average molecular weight is 437 g/mol. The molecule has 29 heavy (non-hydrogen) atoms. The summed E-state index contributed by atoms with van der Waals surface area (Å²) in [5.41, 5.74) is 1.29. The van der Waals surface area contributed by atoms with Crippen molar-refractivity contribution in [2.75, 3.05) is 6.54 Å². The van der Waals surface area contributed by atoms with Gasteiger partial charge >= 0.3 is 18.0 Å². The number of azo groups is 1. The van der Waals surface area contributed by atoms with Crippen LogP contribution in [0.3, 0.4) is 0 Å². The zero-order chi connectivity index (χ0) is 21.3. The van der Waals surface area contributed by atoms with Gasteiger partial charge in [0, 0.05) is 23.7 Å². The lowest BCUT2D eigenvalue weighted by atomic mass is 10.1. The highest BCUT2D eigenvalue weighted by Gasteiger charge is 2.76. The number of hydrogen-bond donors (Lipinski definition) is 0. The fourth-order valence-electron chi connectivity index (χ4n) is 2.70. The molecule has 1 unspecified atom stereocenters. The van der Waals surface area contributed by atoms with Crippen LogP contribution in [0.1, 0.15) is 11.1 Å². The van der Waals surface area contributed by atoms with Gasteiger partial charge in [-0.05, 0) is 23.4 Å². The maximum Gasteiger partial charge on any atom is 0.460 e. The summed E-state index contributed by atoms with van der Waals surface area (Å²) in [4.78, 5) is 0.687. The van der Waals surface area contributed by atoms with Crippen molar-refractivity contribution in [3.8, 4) is 0 Å². The molecular formula is C18H14F7N3S. The minimum Gasteiger partial charge on any atom is -0.347 e. The molecule has 2 aromatic rings. The largest absolute Gasteiger partial charge is 0.460 e. The van der Waals surface area contributed by atoms with E-state index in [1.807, 2.05) is 0 Å². The molecule has 3 rings (SSSR count). The Morgan fingerprint density at radius 3 is 2.24 bits per heavy atom. The Bertz CT molecular complexity index is 877. The first kappa shape index (κ1) is 21.3. The van der Waals surface area contributed by atoms with Crippen molar-refractivity contribution >= 4 is 17.0 Å². The van der Waals surface area contributed by atoms with E-state index in [9.17, 15) is 30.7 Å². The maximum absolute atomic E-state index is 14.3. The fraction of sp³-hybridized carbons (Fsp3) is 0.333. The highest BCUT2D eigenvalue weighted by Crippen LogP contribution is 2.50. The standard InChI is InChI=1S/C18H14F7N3S/c19-16(20,17(21,22)18(23,24)25)15-27-26-14(13-7-9-29-11-13)10-28(15)8-6-12-4-2-1-3-5-12/h1-5,7,9-11,15H,6,8H2. The summed E-state index contributed by atoms with van der Waals surface area (Å²) < 4.78 is 93.7. The number of hydrogen-bond acceptors (Lipinski definition) is 4. The zero-order valence-corrected chi connectivity index (χ0v) is 15.4. The average Bonchev–Trinajstić information content (AvgIpc) is 3.20. The topological polar surface area (TPSA) is 28.0 Å². The summed E-state index contributed by atoms with van der Waals surface area (Å²) in [5, 5.41) is 9.97. The maximum atomic E-state index is 14.3. The third-order valence-corrected chi connectivity index (χ3v) is 4.98. The van der Waals surface area contributed by atoms with E-state index in [0.717, 1.165) is 6.20 Å². The van der Waals surface area contributed by atoms with Crippen LogP contribution in [0.15, 0.2) is 63.6 Å². The molecule has 3 nitrogen and oxygen atoms in total. The van der Waals surface area contributed by atoms with Gasteiger partial charge in [-0.15, -0.1) is 0 Å². The van der Waals surface area contributed by atoms with Crippen molar-refractivity contribution in [2.45, 2.75) is 30.6 Å². The van der Waals surface area contributed by atoms with E-state index >= 15 is 0 Å². The third-order valence-electron chi connectivity index (χ3n) is 4.29. The van der Waals surface area contributed by atoms with Gasteiger partial charge in [0.2, 0.25) is 6.17 Å². The molecule has 156 valence electrons. The monoisotopic (exact) mass is 437 g/mol. The molecule has 0 saturated carbocycles. The number of halogens is 7. The van der Waals surface area contributed by atoms with Gasteiger partial charge in [0.1, 0.15) is 5.70 Å². The van der Waals surface area contributed by atoms with Gasteiger partial charge < -0.3 is 4.90 Å². The van der Waals surface area contributed by atoms with Gasteiger partial charge in [-0.3, -0.25) is 0 Å². The van der Waals surface area contributed by atoms with Gasteiger partial charge in [0.25, 0.3) is 0 Å². The predicted molar refractivity (Wildman–Crippen MR) is 93.7 cm³/mol. The SMILES string of the molecule is FC(F)(F)C(F)(F)C(F)(F)C1N=NC(c2ccsc2)=CN1CCc1ccccc1. The highest BCUT2D eigenvalue weighted by molar-refractivity contribution is 7.08. The third kappa shape index (κ3) is 4.14. The van der Waals surface area contributed by atoms with Crippen LogP contribution in [0.5, 0.6) is 0 Å². The fourth-order valence-corrected chi connectivity index (χ4v) is 3.35. The van der Waals surface area contributed by atoms with Gasteiger partial charge in [0.05, 0.1) is 0 Å². The highest BCUT2D eigenvalue weighted by atomic mass is 32.1. The van der Waals surface area contributed by atoms with Gasteiger partial charge in [-0.1, -0.05) is 30.3 Å². The normalized spacial score (nSPS) is 18.1. The lowest BCUT2D eigenvalue weighted by Crippen LogP contribution is -2.61. The predicted octanol–water partition coefficient (Wildman–Crippen LogP) is 6.22. The Labute approximate surface area is 165 Å². The van der Waals surface area contributed by atoms with Crippen LogP contribution in [-0.4, -0.2) is 35.6 Å². The summed E-state index contributed by atoms with van der Waals surface area (Å²) in [6.45, 7) is -0.259. The summed E-state index contributed by atoms with van der Waals surface area (Å²) in [6.07, 6.45) is -8.06. The summed E-state index contributed by atoms with van der Waals surface area (Å²) in [5.74, 6) is -11.8. The van der Waals surface area contributed by atoms with Crippen LogP contribution in [0, 0.1) is 0 Å². The Kier molecular flexibility index (Phi) is 5.70.